The predicted molar refractivity (Wildman–Crippen MR) is 79.5 cm³/mol. The molecule has 0 bridgehead atoms. The van der Waals surface area contributed by atoms with E-state index in [0.29, 0.717) is 13.1 Å². The summed E-state index contributed by atoms with van der Waals surface area (Å²) in [5, 5.41) is 9.05. The van der Waals surface area contributed by atoms with Crippen molar-refractivity contribution in [3.63, 3.8) is 0 Å². The van der Waals surface area contributed by atoms with Gasteiger partial charge in [-0.1, -0.05) is 30.4 Å². The van der Waals surface area contributed by atoms with Crippen LogP contribution in [0.5, 0.6) is 0 Å². The van der Waals surface area contributed by atoms with Gasteiger partial charge in [0.25, 0.3) is 0 Å². The Morgan fingerprint density at radius 1 is 1.24 bits per heavy atom. The molecule has 2 heterocycles. The lowest BCUT2D eigenvalue weighted by atomic mass is 9.98. The van der Waals surface area contributed by atoms with E-state index in [1.54, 1.807) is 9.80 Å². The number of para-hydroxylation sites is 1. The SMILES string of the molecule is O=C(O)CC1CN(C(=O)N2CC=CCC2)c2ccccc21. The zero-order chi connectivity index (χ0) is 14.8. The van der Waals surface area contributed by atoms with Gasteiger partial charge in [-0.2, -0.15) is 0 Å². The highest BCUT2D eigenvalue weighted by Gasteiger charge is 2.35. The van der Waals surface area contributed by atoms with Crippen LogP contribution < -0.4 is 4.90 Å². The highest BCUT2D eigenvalue weighted by Crippen LogP contribution is 2.38. The standard InChI is InChI=1S/C16H18N2O3/c19-15(20)10-12-11-18(14-7-3-2-6-13(12)14)16(21)17-8-4-1-5-9-17/h1-4,6-7,12H,5,8-11H2,(H,19,20). The monoisotopic (exact) mass is 286 g/mol. The molecule has 5 heteroatoms. The minimum atomic E-state index is -0.829. The first-order valence-corrected chi connectivity index (χ1v) is 7.19. The quantitative estimate of drug-likeness (QED) is 0.849. The molecule has 1 aromatic rings. The van der Waals surface area contributed by atoms with Crippen molar-refractivity contribution in [2.45, 2.75) is 18.8 Å². The topological polar surface area (TPSA) is 60.9 Å². The fraction of sp³-hybridized carbons (Fsp3) is 0.375. The number of amides is 2. The summed E-state index contributed by atoms with van der Waals surface area (Å²) in [6.07, 6.45) is 5.01. The van der Waals surface area contributed by atoms with Crippen molar-refractivity contribution in [3.8, 4) is 0 Å². The Morgan fingerprint density at radius 2 is 2.05 bits per heavy atom. The molecule has 1 N–H and O–H groups in total. The van der Waals surface area contributed by atoms with Crippen molar-refractivity contribution >= 4 is 17.7 Å². The molecule has 1 atom stereocenters. The Kier molecular flexibility index (Phi) is 3.64. The number of fused-ring (bicyclic) bond motifs is 1. The van der Waals surface area contributed by atoms with Gasteiger partial charge in [-0.15, -0.1) is 0 Å². The van der Waals surface area contributed by atoms with Gasteiger partial charge >= 0.3 is 12.0 Å². The number of carboxylic acids is 1. The molecular weight excluding hydrogens is 268 g/mol. The van der Waals surface area contributed by atoms with Crippen molar-refractivity contribution in [1.29, 1.82) is 0 Å². The number of rotatable bonds is 2. The largest absolute Gasteiger partial charge is 0.481 e. The van der Waals surface area contributed by atoms with Crippen LogP contribution in [-0.2, 0) is 4.79 Å². The second-order valence-corrected chi connectivity index (χ2v) is 5.45. The summed E-state index contributed by atoms with van der Waals surface area (Å²) in [4.78, 5) is 27.2. The maximum Gasteiger partial charge on any atom is 0.324 e. The van der Waals surface area contributed by atoms with Gasteiger partial charge in [0.05, 0.1) is 6.42 Å². The van der Waals surface area contributed by atoms with Crippen LogP contribution in [0, 0.1) is 0 Å². The summed E-state index contributed by atoms with van der Waals surface area (Å²) in [5.41, 5.74) is 1.81. The Labute approximate surface area is 123 Å². The summed E-state index contributed by atoms with van der Waals surface area (Å²) >= 11 is 0. The van der Waals surface area contributed by atoms with E-state index in [2.05, 4.69) is 6.08 Å². The molecule has 0 spiro atoms. The Bertz CT molecular complexity index is 597. The van der Waals surface area contributed by atoms with E-state index in [0.717, 1.165) is 24.2 Å². The van der Waals surface area contributed by atoms with Crippen LogP contribution in [-0.4, -0.2) is 41.6 Å². The Hall–Kier alpha value is -2.30. The van der Waals surface area contributed by atoms with Crippen LogP contribution in [0.15, 0.2) is 36.4 Å². The minimum Gasteiger partial charge on any atom is -0.481 e. The van der Waals surface area contributed by atoms with Crippen LogP contribution in [0.25, 0.3) is 0 Å². The number of benzene rings is 1. The van der Waals surface area contributed by atoms with Crippen LogP contribution in [0.1, 0.15) is 24.3 Å². The molecule has 0 saturated heterocycles. The van der Waals surface area contributed by atoms with Crippen LogP contribution in [0.4, 0.5) is 10.5 Å². The number of hydrogen-bond donors (Lipinski definition) is 1. The van der Waals surface area contributed by atoms with Crippen molar-refractivity contribution < 1.29 is 14.7 Å². The highest BCUT2D eigenvalue weighted by atomic mass is 16.4. The van der Waals surface area contributed by atoms with Gasteiger partial charge in [-0.25, -0.2) is 4.79 Å². The number of carbonyl (C=O) groups excluding carboxylic acids is 1. The highest BCUT2D eigenvalue weighted by molar-refractivity contribution is 5.95. The third kappa shape index (κ3) is 2.63. The molecule has 5 nitrogen and oxygen atoms in total. The second kappa shape index (κ2) is 5.60. The van der Waals surface area contributed by atoms with Gasteiger partial charge in [0.15, 0.2) is 0 Å². The summed E-state index contributed by atoms with van der Waals surface area (Å²) in [7, 11) is 0. The summed E-state index contributed by atoms with van der Waals surface area (Å²) in [6, 6.07) is 7.57. The fourth-order valence-electron chi connectivity index (χ4n) is 3.05. The molecule has 0 aliphatic carbocycles. The molecule has 21 heavy (non-hydrogen) atoms. The van der Waals surface area contributed by atoms with E-state index in [1.807, 2.05) is 30.3 Å². The summed E-state index contributed by atoms with van der Waals surface area (Å²) in [6.45, 7) is 1.80. The lowest BCUT2D eigenvalue weighted by molar-refractivity contribution is -0.137. The molecule has 1 unspecified atom stereocenters. The number of hydrogen-bond acceptors (Lipinski definition) is 2. The zero-order valence-corrected chi connectivity index (χ0v) is 11.7. The average Bonchev–Trinajstić information content (AvgIpc) is 2.86. The number of aliphatic carboxylic acids is 1. The smallest absolute Gasteiger partial charge is 0.324 e. The van der Waals surface area contributed by atoms with E-state index in [1.165, 1.54) is 0 Å². The first-order valence-electron chi connectivity index (χ1n) is 7.19. The van der Waals surface area contributed by atoms with Crippen molar-refractivity contribution in [2.24, 2.45) is 0 Å². The first kappa shape index (κ1) is 13.7. The molecule has 0 aromatic heterocycles. The molecule has 1 aromatic carbocycles. The van der Waals surface area contributed by atoms with Crippen molar-refractivity contribution in [2.75, 3.05) is 24.5 Å². The number of carbonyl (C=O) groups is 2. The maximum absolute atomic E-state index is 12.7. The fourth-order valence-corrected chi connectivity index (χ4v) is 3.05. The van der Waals surface area contributed by atoms with E-state index in [4.69, 9.17) is 5.11 Å². The van der Waals surface area contributed by atoms with E-state index in [9.17, 15) is 9.59 Å². The molecule has 0 saturated carbocycles. The molecule has 3 rings (SSSR count). The first-order chi connectivity index (χ1) is 10.2. The zero-order valence-electron chi connectivity index (χ0n) is 11.7. The molecule has 2 aliphatic rings. The minimum absolute atomic E-state index is 0.0281. The third-order valence-corrected chi connectivity index (χ3v) is 4.05. The van der Waals surface area contributed by atoms with E-state index >= 15 is 0 Å². The molecule has 2 aliphatic heterocycles. The number of nitrogens with zero attached hydrogens (tertiary/aromatic N) is 2. The third-order valence-electron chi connectivity index (χ3n) is 4.05. The predicted octanol–water partition coefficient (Wildman–Crippen LogP) is 2.45. The van der Waals surface area contributed by atoms with Gasteiger partial charge in [0, 0.05) is 31.2 Å². The van der Waals surface area contributed by atoms with Crippen LogP contribution >= 0.6 is 0 Å². The summed E-state index contributed by atoms with van der Waals surface area (Å²) in [5.74, 6) is -0.951. The number of anilines is 1. The van der Waals surface area contributed by atoms with Gasteiger partial charge in [-0.3, -0.25) is 9.69 Å². The van der Waals surface area contributed by atoms with Crippen molar-refractivity contribution in [3.05, 3.63) is 42.0 Å². The molecule has 110 valence electrons. The van der Waals surface area contributed by atoms with Gasteiger partial charge in [0.2, 0.25) is 0 Å². The van der Waals surface area contributed by atoms with Crippen molar-refractivity contribution in [1.82, 2.24) is 4.90 Å². The van der Waals surface area contributed by atoms with E-state index < -0.39 is 5.97 Å². The van der Waals surface area contributed by atoms with E-state index in [-0.39, 0.29) is 18.4 Å². The second-order valence-electron chi connectivity index (χ2n) is 5.45. The molecule has 0 radical (unpaired) electrons. The van der Waals surface area contributed by atoms with Crippen LogP contribution in [0.2, 0.25) is 0 Å². The van der Waals surface area contributed by atoms with Gasteiger partial charge in [0.1, 0.15) is 0 Å². The lowest BCUT2D eigenvalue weighted by Gasteiger charge is -2.29. The number of urea groups is 1. The van der Waals surface area contributed by atoms with Gasteiger partial charge in [-0.05, 0) is 18.1 Å². The molecule has 0 fully saturated rings. The normalized spacial score (nSPS) is 20.5. The Morgan fingerprint density at radius 3 is 2.76 bits per heavy atom. The molecule has 2 amide bonds. The average molecular weight is 286 g/mol. The summed E-state index contributed by atoms with van der Waals surface area (Å²) < 4.78 is 0. The maximum atomic E-state index is 12.7. The van der Waals surface area contributed by atoms with Gasteiger partial charge < -0.3 is 10.0 Å². The number of carboxylic acid groups (broad SMARTS) is 1. The Balaban J connectivity index is 1.85. The lowest BCUT2D eigenvalue weighted by Crippen LogP contribution is -2.44. The van der Waals surface area contributed by atoms with Crippen LogP contribution in [0.3, 0.4) is 0 Å². The molecular formula is C16H18N2O3.